The molecule has 3 aromatic carbocycles. The first kappa shape index (κ1) is 21.6. The fourth-order valence-corrected chi connectivity index (χ4v) is 2.85. The van der Waals surface area contributed by atoms with Crippen molar-refractivity contribution in [3.05, 3.63) is 95.6 Å². The fraction of sp³-hybridized carbons (Fsp3) is 0.125. The number of nitrogens with one attached hydrogen (secondary N) is 3. The molecule has 0 saturated heterocycles. The Bertz CT molecular complexity index is 1050. The molecule has 0 spiro atoms. The summed E-state index contributed by atoms with van der Waals surface area (Å²) in [4.78, 5) is 37.0. The van der Waals surface area contributed by atoms with E-state index in [2.05, 4.69) is 16.0 Å². The number of benzene rings is 3. The molecule has 0 unspecified atom stereocenters. The van der Waals surface area contributed by atoms with Crippen LogP contribution in [0.2, 0.25) is 0 Å². The van der Waals surface area contributed by atoms with Crippen LogP contribution in [0.1, 0.15) is 21.5 Å². The Morgan fingerprint density at radius 1 is 0.710 bits per heavy atom. The van der Waals surface area contributed by atoms with Crippen LogP contribution in [0.5, 0.6) is 5.75 Å². The van der Waals surface area contributed by atoms with Crippen LogP contribution in [-0.4, -0.2) is 24.8 Å². The molecule has 3 rings (SSSR count). The highest BCUT2D eigenvalue weighted by atomic mass is 16.5. The molecule has 0 atom stereocenters. The van der Waals surface area contributed by atoms with Crippen LogP contribution in [0.3, 0.4) is 0 Å². The largest absolute Gasteiger partial charge is 0.497 e. The van der Waals surface area contributed by atoms with Gasteiger partial charge in [-0.3, -0.25) is 14.4 Å². The topological polar surface area (TPSA) is 96.5 Å². The third-order valence-corrected chi connectivity index (χ3v) is 4.53. The van der Waals surface area contributed by atoms with Crippen LogP contribution in [0.25, 0.3) is 0 Å². The maximum atomic E-state index is 12.6. The van der Waals surface area contributed by atoms with Crippen molar-refractivity contribution >= 4 is 23.4 Å². The molecule has 7 heteroatoms. The lowest BCUT2D eigenvalue weighted by Gasteiger charge is -2.12. The summed E-state index contributed by atoms with van der Waals surface area (Å²) in [5, 5.41) is 7.88. The van der Waals surface area contributed by atoms with E-state index in [-0.39, 0.29) is 23.7 Å². The van der Waals surface area contributed by atoms with Gasteiger partial charge < -0.3 is 20.7 Å². The Labute approximate surface area is 180 Å². The minimum absolute atomic E-state index is 0.233. The Kier molecular flexibility index (Phi) is 7.37. The van der Waals surface area contributed by atoms with E-state index in [1.165, 1.54) is 0 Å². The first-order valence-electron chi connectivity index (χ1n) is 9.70. The normalized spacial score (nSPS) is 10.1. The van der Waals surface area contributed by atoms with Crippen LogP contribution >= 0.6 is 0 Å². The van der Waals surface area contributed by atoms with Gasteiger partial charge in [0.1, 0.15) is 5.75 Å². The molecule has 0 aromatic heterocycles. The van der Waals surface area contributed by atoms with Gasteiger partial charge in [0.25, 0.3) is 5.91 Å². The molecule has 0 aliphatic heterocycles. The molecule has 0 bridgehead atoms. The Balaban J connectivity index is 1.58. The SMILES string of the molecule is COc1ccc(CNC(=O)c2ccccc2NC(=O)C(=O)NCc2ccccc2)cc1. The van der Waals surface area contributed by atoms with Crippen molar-refractivity contribution in [1.29, 1.82) is 0 Å². The molecule has 0 aliphatic rings. The number of anilines is 1. The maximum absolute atomic E-state index is 12.6. The number of carbonyl (C=O) groups excluding carboxylic acids is 3. The van der Waals surface area contributed by atoms with Crippen LogP contribution in [0.15, 0.2) is 78.9 Å². The monoisotopic (exact) mass is 417 g/mol. The van der Waals surface area contributed by atoms with Crippen molar-refractivity contribution in [1.82, 2.24) is 10.6 Å². The van der Waals surface area contributed by atoms with E-state index < -0.39 is 11.8 Å². The summed E-state index contributed by atoms with van der Waals surface area (Å²) in [7, 11) is 1.59. The lowest BCUT2D eigenvalue weighted by atomic mass is 10.1. The molecule has 0 aliphatic carbocycles. The Morgan fingerprint density at radius 2 is 1.32 bits per heavy atom. The minimum atomic E-state index is -0.841. The van der Waals surface area contributed by atoms with E-state index in [9.17, 15) is 14.4 Å². The zero-order valence-corrected chi connectivity index (χ0v) is 17.1. The summed E-state index contributed by atoms with van der Waals surface area (Å²) in [6, 6.07) is 23.1. The summed E-state index contributed by atoms with van der Waals surface area (Å²) in [6.45, 7) is 0.541. The van der Waals surface area contributed by atoms with Gasteiger partial charge in [-0.15, -0.1) is 0 Å². The second-order valence-electron chi connectivity index (χ2n) is 6.70. The molecule has 3 amide bonds. The van der Waals surface area contributed by atoms with Gasteiger partial charge in [0, 0.05) is 13.1 Å². The van der Waals surface area contributed by atoms with E-state index in [0.717, 1.165) is 16.9 Å². The first-order valence-corrected chi connectivity index (χ1v) is 9.70. The Morgan fingerprint density at radius 3 is 2.03 bits per heavy atom. The number of hydrogen-bond acceptors (Lipinski definition) is 4. The molecule has 0 fully saturated rings. The second kappa shape index (κ2) is 10.6. The van der Waals surface area contributed by atoms with E-state index in [1.807, 2.05) is 54.6 Å². The summed E-state index contributed by atoms with van der Waals surface area (Å²) in [5.41, 5.74) is 2.30. The molecule has 7 nitrogen and oxygen atoms in total. The predicted octanol–water partition coefficient (Wildman–Crippen LogP) is 2.88. The number of amides is 3. The number of methoxy groups -OCH3 is 1. The third kappa shape index (κ3) is 6.17. The molecule has 0 heterocycles. The molecular formula is C24H23N3O4. The first-order chi connectivity index (χ1) is 15.1. The zero-order valence-electron chi connectivity index (χ0n) is 17.1. The van der Waals surface area contributed by atoms with Gasteiger partial charge in [0.2, 0.25) is 0 Å². The number of ether oxygens (including phenoxy) is 1. The average molecular weight is 417 g/mol. The predicted molar refractivity (Wildman–Crippen MR) is 118 cm³/mol. The number of para-hydroxylation sites is 1. The van der Waals surface area contributed by atoms with Gasteiger partial charge in [0.05, 0.1) is 18.4 Å². The zero-order chi connectivity index (χ0) is 22.1. The van der Waals surface area contributed by atoms with Crippen LogP contribution in [0.4, 0.5) is 5.69 Å². The highest BCUT2D eigenvalue weighted by Crippen LogP contribution is 2.16. The maximum Gasteiger partial charge on any atom is 0.313 e. The van der Waals surface area contributed by atoms with Crippen molar-refractivity contribution < 1.29 is 19.1 Å². The lowest BCUT2D eigenvalue weighted by Crippen LogP contribution is -2.35. The molecule has 31 heavy (non-hydrogen) atoms. The van der Waals surface area contributed by atoms with Gasteiger partial charge in [-0.25, -0.2) is 0 Å². The number of rotatable bonds is 7. The molecule has 3 N–H and O–H groups in total. The third-order valence-electron chi connectivity index (χ3n) is 4.53. The van der Waals surface area contributed by atoms with Crippen molar-refractivity contribution in [3.63, 3.8) is 0 Å². The summed E-state index contributed by atoms with van der Waals surface area (Å²) in [5.74, 6) is -1.26. The molecular weight excluding hydrogens is 394 g/mol. The highest BCUT2D eigenvalue weighted by molar-refractivity contribution is 6.40. The van der Waals surface area contributed by atoms with Crippen molar-refractivity contribution in [2.45, 2.75) is 13.1 Å². The van der Waals surface area contributed by atoms with E-state index >= 15 is 0 Å². The van der Waals surface area contributed by atoms with Crippen LogP contribution in [0, 0.1) is 0 Å². The molecule has 158 valence electrons. The number of hydrogen-bond donors (Lipinski definition) is 3. The number of carbonyl (C=O) groups is 3. The minimum Gasteiger partial charge on any atom is -0.497 e. The molecule has 0 saturated carbocycles. The molecule has 3 aromatic rings. The lowest BCUT2D eigenvalue weighted by molar-refractivity contribution is -0.136. The van der Waals surface area contributed by atoms with E-state index in [1.54, 1.807) is 31.4 Å². The van der Waals surface area contributed by atoms with Gasteiger partial charge in [0.15, 0.2) is 0 Å². The second-order valence-corrected chi connectivity index (χ2v) is 6.70. The molecule has 0 radical (unpaired) electrons. The van der Waals surface area contributed by atoms with Gasteiger partial charge in [-0.1, -0.05) is 54.6 Å². The Hall–Kier alpha value is -4.13. The van der Waals surface area contributed by atoms with Crippen molar-refractivity contribution in [2.75, 3.05) is 12.4 Å². The van der Waals surface area contributed by atoms with Crippen LogP contribution in [-0.2, 0) is 22.7 Å². The van der Waals surface area contributed by atoms with Crippen molar-refractivity contribution in [3.8, 4) is 5.75 Å². The fourth-order valence-electron chi connectivity index (χ4n) is 2.85. The van der Waals surface area contributed by atoms with E-state index in [0.29, 0.717) is 6.54 Å². The van der Waals surface area contributed by atoms with Gasteiger partial charge in [-0.05, 0) is 35.4 Å². The highest BCUT2D eigenvalue weighted by Gasteiger charge is 2.17. The summed E-state index contributed by atoms with van der Waals surface area (Å²) < 4.78 is 5.12. The summed E-state index contributed by atoms with van der Waals surface area (Å²) >= 11 is 0. The van der Waals surface area contributed by atoms with Gasteiger partial charge >= 0.3 is 11.8 Å². The van der Waals surface area contributed by atoms with Gasteiger partial charge in [-0.2, -0.15) is 0 Å². The smallest absolute Gasteiger partial charge is 0.313 e. The van der Waals surface area contributed by atoms with Crippen LogP contribution < -0.4 is 20.7 Å². The standard InChI is InChI=1S/C24H23N3O4/c1-31-19-13-11-18(12-14-19)16-25-22(28)20-9-5-6-10-21(20)27-24(30)23(29)26-15-17-7-3-2-4-8-17/h2-14H,15-16H2,1H3,(H,25,28)(H,26,29)(H,27,30). The van der Waals surface area contributed by atoms with E-state index in [4.69, 9.17) is 4.74 Å². The summed E-state index contributed by atoms with van der Waals surface area (Å²) in [6.07, 6.45) is 0. The quantitative estimate of drug-likeness (QED) is 0.515. The van der Waals surface area contributed by atoms with Crippen molar-refractivity contribution in [2.24, 2.45) is 0 Å². The average Bonchev–Trinajstić information content (AvgIpc) is 2.82.